The zero-order valence-electron chi connectivity index (χ0n) is 13.6. The quantitative estimate of drug-likeness (QED) is 0.629. The van der Waals surface area contributed by atoms with Gasteiger partial charge in [-0.25, -0.2) is 9.59 Å². The number of hydrogen-bond donors (Lipinski definition) is 2. The van der Waals surface area contributed by atoms with Gasteiger partial charge in [0.25, 0.3) is 11.8 Å². The van der Waals surface area contributed by atoms with E-state index in [1.807, 2.05) is 0 Å². The minimum Gasteiger partial charge on any atom is -0.452 e. The van der Waals surface area contributed by atoms with Crippen molar-refractivity contribution in [3.8, 4) is 0 Å². The van der Waals surface area contributed by atoms with Crippen molar-refractivity contribution in [2.24, 2.45) is 0 Å². The Bertz CT molecular complexity index is 697. The van der Waals surface area contributed by atoms with Crippen LogP contribution in [0, 0.1) is 0 Å². The van der Waals surface area contributed by atoms with Gasteiger partial charge in [0.15, 0.2) is 6.61 Å². The Morgan fingerprint density at radius 3 is 2.48 bits per heavy atom. The lowest BCUT2D eigenvalue weighted by Crippen LogP contribution is -2.51. The predicted octanol–water partition coefficient (Wildman–Crippen LogP) is 1.13. The van der Waals surface area contributed by atoms with Gasteiger partial charge in [-0.3, -0.25) is 15.0 Å². The summed E-state index contributed by atoms with van der Waals surface area (Å²) >= 11 is 0. The highest BCUT2D eigenvalue weighted by Gasteiger charge is 2.52. The molecule has 1 spiro atoms. The van der Waals surface area contributed by atoms with Crippen molar-refractivity contribution in [3.63, 3.8) is 0 Å². The van der Waals surface area contributed by atoms with Crippen LogP contribution >= 0.6 is 0 Å². The number of hydrogen-bond acceptors (Lipinski definition) is 5. The fourth-order valence-corrected chi connectivity index (χ4v) is 3.16. The fraction of sp³-hybridized carbons (Fsp3) is 0.412. The monoisotopic (exact) mass is 345 g/mol. The topological polar surface area (TPSA) is 105 Å². The van der Waals surface area contributed by atoms with Crippen LogP contribution < -0.4 is 10.7 Å². The first-order valence-corrected chi connectivity index (χ1v) is 8.20. The number of nitrogens with one attached hydrogen (secondary N) is 2. The summed E-state index contributed by atoms with van der Waals surface area (Å²) in [4.78, 5) is 48.3. The van der Waals surface area contributed by atoms with Gasteiger partial charge in [-0.05, 0) is 25.0 Å². The molecule has 1 aliphatic carbocycles. The summed E-state index contributed by atoms with van der Waals surface area (Å²) in [5.41, 5.74) is 1.61. The molecule has 132 valence electrons. The highest BCUT2D eigenvalue weighted by Crippen LogP contribution is 2.32. The average molecular weight is 345 g/mol. The summed E-state index contributed by atoms with van der Waals surface area (Å²) in [6, 6.07) is 7.56. The SMILES string of the molecule is O=C(COC(=O)c1ccccc1)NN1C(=O)NC2(CCCCC2)C1=O. The zero-order chi connectivity index (χ0) is 17.9. The highest BCUT2D eigenvalue weighted by atomic mass is 16.5. The Kier molecular flexibility index (Phi) is 4.69. The van der Waals surface area contributed by atoms with Gasteiger partial charge >= 0.3 is 12.0 Å². The first-order valence-electron chi connectivity index (χ1n) is 8.20. The van der Waals surface area contributed by atoms with E-state index in [0.717, 1.165) is 19.3 Å². The molecule has 2 aliphatic rings. The molecule has 2 fully saturated rings. The van der Waals surface area contributed by atoms with Crippen LogP contribution in [0.15, 0.2) is 30.3 Å². The van der Waals surface area contributed by atoms with Crippen molar-refractivity contribution in [1.29, 1.82) is 0 Å². The Labute approximate surface area is 144 Å². The predicted molar refractivity (Wildman–Crippen MR) is 86.1 cm³/mol. The van der Waals surface area contributed by atoms with Gasteiger partial charge in [0.1, 0.15) is 5.54 Å². The molecule has 25 heavy (non-hydrogen) atoms. The smallest absolute Gasteiger partial charge is 0.344 e. The van der Waals surface area contributed by atoms with Crippen molar-refractivity contribution in [1.82, 2.24) is 15.8 Å². The standard InChI is InChI=1S/C17H19N3O5/c21-13(11-25-14(22)12-7-3-1-4-8-12)19-20-15(23)17(18-16(20)24)9-5-2-6-10-17/h1,3-4,7-8H,2,5-6,9-11H2,(H,18,24)(H,19,21). The van der Waals surface area contributed by atoms with Crippen molar-refractivity contribution >= 4 is 23.8 Å². The van der Waals surface area contributed by atoms with Crippen LogP contribution in [-0.2, 0) is 14.3 Å². The number of rotatable bonds is 4. The van der Waals surface area contributed by atoms with Crippen LogP contribution in [0.1, 0.15) is 42.5 Å². The molecule has 8 heteroatoms. The molecule has 1 heterocycles. The van der Waals surface area contributed by atoms with E-state index in [9.17, 15) is 19.2 Å². The molecule has 1 aromatic carbocycles. The molecule has 8 nitrogen and oxygen atoms in total. The molecule has 0 bridgehead atoms. The number of esters is 1. The Balaban J connectivity index is 1.55. The minimum atomic E-state index is -0.913. The number of carbonyl (C=O) groups excluding carboxylic acids is 4. The summed E-state index contributed by atoms with van der Waals surface area (Å²) in [6.45, 7) is -0.586. The largest absolute Gasteiger partial charge is 0.452 e. The number of hydrazine groups is 1. The summed E-state index contributed by atoms with van der Waals surface area (Å²) in [6.07, 6.45) is 3.84. The average Bonchev–Trinajstić information content (AvgIpc) is 2.85. The van der Waals surface area contributed by atoms with Gasteiger partial charge in [-0.15, -0.1) is 0 Å². The van der Waals surface area contributed by atoms with Gasteiger partial charge < -0.3 is 10.1 Å². The van der Waals surface area contributed by atoms with Gasteiger partial charge in [-0.1, -0.05) is 37.5 Å². The van der Waals surface area contributed by atoms with E-state index in [-0.39, 0.29) is 0 Å². The number of benzene rings is 1. The summed E-state index contributed by atoms with van der Waals surface area (Å²) in [7, 11) is 0. The summed E-state index contributed by atoms with van der Waals surface area (Å²) in [5, 5.41) is 3.36. The van der Waals surface area contributed by atoms with E-state index < -0.39 is 36.0 Å². The molecule has 0 radical (unpaired) electrons. The third-order valence-corrected chi connectivity index (χ3v) is 4.45. The normalized spacial score (nSPS) is 18.8. The number of ether oxygens (including phenoxy) is 1. The van der Waals surface area contributed by atoms with Crippen LogP contribution in [0.4, 0.5) is 4.79 Å². The third-order valence-electron chi connectivity index (χ3n) is 4.45. The lowest BCUT2D eigenvalue weighted by atomic mass is 9.82. The second-order valence-electron chi connectivity index (χ2n) is 6.19. The third kappa shape index (κ3) is 3.47. The molecule has 2 N–H and O–H groups in total. The first-order chi connectivity index (χ1) is 12.0. The first kappa shape index (κ1) is 16.9. The number of amides is 4. The van der Waals surface area contributed by atoms with Crippen molar-refractivity contribution in [2.45, 2.75) is 37.6 Å². The summed E-state index contributed by atoms with van der Waals surface area (Å²) in [5.74, 6) is -1.86. The molecule has 1 aliphatic heterocycles. The second kappa shape index (κ2) is 6.92. The highest BCUT2D eigenvalue weighted by molar-refractivity contribution is 6.08. The molecule has 1 saturated heterocycles. The fourth-order valence-electron chi connectivity index (χ4n) is 3.16. The molecule has 0 aromatic heterocycles. The molecule has 0 atom stereocenters. The van der Waals surface area contributed by atoms with Gasteiger partial charge in [0.05, 0.1) is 5.56 Å². The number of imide groups is 1. The molecule has 3 rings (SSSR count). The summed E-state index contributed by atoms with van der Waals surface area (Å²) < 4.78 is 4.89. The number of urea groups is 1. The van der Waals surface area contributed by atoms with Gasteiger partial charge in [-0.2, -0.15) is 5.01 Å². The van der Waals surface area contributed by atoms with Gasteiger partial charge in [0, 0.05) is 0 Å². The van der Waals surface area contributed by atoms with E-state index >= 15 is 0 Å². The van der Waals surface area contributed by atoms with E-state index in [1.165, 1.54) is 0 Å². The van der Waals surface area contributed by atoms with Crippen LogP contribution in [0.5, 0.6) is 0 Å². The lowest BCUT2D eigenvalue weighted by molar-refractivity contribution is -0.140. The Morgan fingerprint density at radius 1 is 1.12 bits per heavy atom. The maximum Gasteiger partial charge on any atom is 0.344 e. The van der Waals surface area contributed by atoms with E-state index in [0.29, 0.717) is 23.4 Å². The van der Waals surface area contributed by atoms with Crippen LogP contribution in [0.25, 0.3) is 0 Å². The molecule has 4 amide bonds. The Hall–Kier alpha value is -2.90. The van der Waals surface area contributed by atoms with Crippen LogP contribution in [0.2, 0.25) is 0 Å². The van der Waals surface area contributed by atoms with E-state index in [2.05, 4.69) is 10.7 Å². The Morgan fingerprint density at radius 2 is 1.80 bits per heavy atom. The minimum absolute atomic E-state index is 0.312. The van der Waals surface area contributed by atoms with Crippen LogP contribution in [-0.4, -0.2) is 41.0 Å². The second-order valence-corrected chi connectivity index (χ2v) is 6.19. The maximum absolute atomic E-state index is 12.5. The van der Waals surface area contributed by atoms with Gasteiger partial charge in [0.2, 0.25) is 0 Å². The molecule has 1 aromatic rings. The zero-order valence-corrected chi connectivity index (χ0v) is 13.6. The van der Waals surface area contributed by atoms with Crippen molar-refractivity contribution < 1.29 is 23.9 Å². The van der Waals surface area contributed by atoms with Crippen molar-refractivity contribution in [2.75, 3.05) is 6.61 Å². The molecular formula is C17H19N3O5. The van der Waals surface area contributed by atoms with E-state index in [1.54, 1.807) is 30.3 Å². The molecule has 1 saturated carbocycles. The molecular weight excluding hydrogens is 326 g/mol. The van der Waals surface area contributed by atoms with Crippen LogP contribution in [0.3, 0.4) is 0 Å². The van der Waals surface area contributed by atoms with E-state index in [4.69, 9.17) is 4.74 Å². The number of nitrogens with zero attached hydrogens (tertiary/aromatic N) is 1. The molecule has 0 unspecified atom stereocenters. The van der Waals surface area contributed by atoms with Crippen molar-refractivity contribution in [3.05, 3.63) is 35.9 Å². The number of carbonyl (C=O) groups is 4. The lowest BCUT2D eigenvalue weighted by Gasteiger charge is -2.30. The maximum atomic E-state index is 12.5.